The van der Waals surface area contributed by atoms with Crippen molar-refractivity contribution in [2.45, 2.75) is 45.2 Å². The first kappa shape index (κ1) is 18.3. The Kier molecular flexibility index (Phi) is 6.07. The molecule has 0 unspecified atom stereocenters. The van der Waals surface area contributed by atoms with Crippen LogP contribution in [-0.2, 0) is 6.54 Å². The highest BCUT2D eigenvalue weighted by molar-refractivity contribution is 5.52. The molecular weight excluding hydrogens is 316 g/mol. The van der Waals surface area contributed by atoms with Gasteiger partial charge in [-0.25, -0.2) is 0 Å². The Morgan fingerprint density at radius 1 is 1.04 bits per heavy atom. The second kappa shape index (κ2) is 8.28. The highest BCUT2D eigenvalue weighted by Crippen LogP contribution is 2.36. The first-order chi connectivity index (χ1) is 12.1. The summed E-state index contributed by atoms with van der Waals surface area (Å²) in [6.07, 6.45) is 5.67. The molecule has 2 aliphatic rings. The van der Waals surface area contributed by atoms with Crippen LogP contribution in [0.1, 0.15) is 38.2 Å². The summed E-state index contributed by atoms with van der Waals surface area (Å²) in [7, 11) is 3.16. The van der Waals surface area contributed by atoms with Crippen molar-refractivity contribution < 1.29 is 24.4 Å². The van der Waals surface area contributed by atoms with Gasteiger partial charge in [-0.2, -0.15) is 0 Å². The number of hydrogen-bond donors (Lipinski definition) is 3. The number of phenolic OH excluding ortho intramolecular Hbond substituents is 1. The molecule has 1 saturated carbocycles. The van der Waals surface area contributed by atoms with Gasteiger partial charge in [0.1, 0.15) is 32.7 Å². The number of methoxy groups -OCH3 is 2. The summed E-state index contributed by atoms with van der Waals surface area (Å²) in [5, 5.41) is 10.1. The van der Waals surface area contributed by atoms with Crippen molar-refractivity contribution in [1.29, 1.82) is 0 Å². The van der Waals surface area contributed by atoms with Crippen LogP contribution >= 0.6 is 0 Å². The van der Waals surface area contributed by atoms with Crippen molar-refractivity contribution in [2.24, 2.45) is 5.92 Å². The zero-order valence-corrected chi connectivity index (χ0v) is 15.9. The summed E-state index contributed by atoms with van der Waals surface area (Å²) in [6, 6.07) is 4.76. The molecule has 1 aliphatic heterocycles. The maximum Gasteiger partial charge on any atom is 0.200 e. The quantitative estimate of drug-likeness (QED) is 0.715. The van der Waals surface area contributed by atoms with E-state index in [1.54, 1.807) is 19.1 Å². The average molecular weight is 351 g/mol. The molecule has 0 bridgehead atoms. The molecule has 0 aromatic heterocycles. The van der Waals surface area contributed by atoms with Crippen LogP contribution in [0, 0.1) is 5.92 Å². The number of aromatic hydroxyl groups is 1. The van der Waals surface area contributed by atoms with Crippen molar-refractivity contribution in [3.63, 3.8) is 0 Å². The highest BCUT2D eigenvalue weighted by Gasteiger charge is 2.32. The van der Waals surface area contributed by atoms with Gasteiger partial charge in [0.25, 0.3) is 0 Å². The lowest BCUT2D eigenvalue weighted by atomic mass is 9.86. The molecule has 1 aromatic rings. The van der Waals surface area contributed by atoms with Gasteiger partial charge in [-0.15, -0.1) is 0 Å². The summed E-state index contributed by atoms with van der Waals surface area (Å²) >= 11 is 0. The third-order valence-electron chi connectivity index (χ3n) is 6.11. The number of ether oxygens (including phenoxy) is 2. The summed E-state index contributed by atoms with van der Waals surface area (Å²) in [5.74, 6) is 1.99. The lowest BCUT2D eigenvalue weighted by Gasteiger charge is -2.37. The highest BCUT2D eigenvalue weighted by atomic mass is 16.5. The van der Waals surface area contributed by atoms with E-state index in [0.29, 0.717) is 11.5 Å². The Balaban J connectivity index is 1.57. The molecule has 1 saturated heterocycles. The number of rotatable bonds is 5. The van der Waals surface area contributed by atoms with E-state index < -0.39 is 0 Å². The number of piperazine rings is 1. The Labute approximate surface area is 151 Å². The molecule has 3 rings (SSSR count). The van der Waals surface area contributed by atoms with E-state index >= 15 is 0 Å². The molecule has 5 heteroatoms. The van der Waals surface area contributed by atoms with Crippen molar-refractivity contribution in [3.05, 3.63) is 17.7 Å². The van der Waals surface area contributed by atoms with E-state index in [1.165, 1.54) is 51.9 Å². The molecular formula is C20H34N2O3+2. The molecule has 1 heterocycles. The number of phenols is 1. The first-order valence-electron chi connectivity index (χ1n) is 9.72. The summed E-state index contributed by atoms with van der Waals surface area (Å²) in [6.45, 7) is 8.36. The van der Waals surface area contributed by atoms with Crippen LogP contribution < -0.4 is 19.3 Å². The number of hydrogen-bond acceptors (Lipinski definition) is 3. The van der Waals surface area contributed by atoms with Crippen molar-refractivity contribution >= 4 is 0 Å². The van der Waals surface area contributed by atoms with Crippen molar-refractivity contribution in [2.75, 3.05) is 40.4 Å². The minimum atomic E-state index is 0.0874. The molecule has 2 fully saturated rings. The average Bonchev–Trinajstić information content (AvgIpc) is 2.63. The predicted molar refractivity (Wildman–Crippen MR) is 97.7 cm³/mol. The second-order valence-corrected chi connectivity index (χ2v) is 7.90. The number of quaternary nitrogens is 2. The Bertz CT molecular complexity index is 545. The molecule has 5 nitrogen and oxygen atoms in total. The number of nitrogens with one attached hydrogen (secondary N) is 2. The zero-order valence-electron chi connectivity index (χ0n) is 15.9. The van der Waals surface area contributed by atoms with Crippen LogP contribution in [0.2, 0.25) is 0 Å². The minimum Gasteiger partial charge on any atom is -0.502 e. The molecule has 25 heavy (non-hydrogen) atoms. The van der Waals surface area contributed by atoms with Crippen LogP contribution in [0.4, 0.5) is 0 Å². The van der Waals surface area contributed by atoms with E-state index in [2.05, 4.69) is 6.92 Å². The fraction of sp³-hybridized carbons (Fsp3) is 0.700. The third kappa shape index (κ3) is 4.39. The van der Waals surface area contributed by atoms with Gasteiger partial charge in [0.2, 0.25) is 5.75 Å². The summed E-state index contributed by atoms with van der Waals surface area (Å²) in [4.78, 5) is 3.44. The van der Waals surface area contributed by atoms with E-state index in [4.69, 9.17) is 9.47 Å². The summed E-state index contributed by atoms with van der Waals surface area (Å²) < 4.78 is 10.6. The Morgan fingerprint density at radius 2 is 1.68 bits per heavy atom. The van der Waals surface area contributed by atoms with Crippen molar-refractivity contribution in [3.8, 4) is 17.2 Å². The van der Waals surface area contributed by atoms with E-state index in [1.807, 2.05) is 17.0 Å². The lowest BCUT2D eigenvalue weighted by molar-refractivity contribution is -1.03. The molecule has 1 aliphatic carbocycles. The van der Waals surface area contributed by atoms with Gasteiger partial charge in [-0.1, -0.05) is 13.3 Å². The van der Waals surface area contributed by atoms with E-state index in [-0.39, 0.29) is 5.75 Å². The maximum absolute atomic E-state index is 10.1. The monoisotopic (exact) mass is 350 g/mol. The standard InChI is InChI=1S/C20H32N2O3/c1-15-5-4-6-17(11-15)22-9-7-21(8-10-22)14-16-12-18(24-2)20(23)19(13-16)25-3/h12-13,15,17,23H,4-11,14H2,1-3H3/p+2/t15-,17-/m1/s1. The van der Waals surface area contributed by atoms with Gasteiger partial charge >= 0.3 is 0 Å². The summed E-state index contributed by atoms with van der Waals surface area (Å²) in [5.41, 5.74) is 1.16. The molecule has 1 aromatic carbocycles. The van der Waals surface area contributed by atoms with Gasteiger partial charge in [0.05, 0.1) is 20.3 Å². The Morgan fingerprint density at radius 3 is 2.24 bits per heavy atom. The largest absolute Gasteiger partial charge is 0.502 e. The number of benzene rings is 1. The lowest BCUT2D eigenvalue weighted by Crippen LogP contribution is -3.29. The third-order valence-corrected chi connectivity index (χ3v) is 6.11. The molecule has 140 valence electrons. The van der Waals surface area contributed by atoms with Gasteiger partial charge in [-0.3, -0.25) is 0 Å². The fourth-order valence-electron chi connectivity index (χ4n) is 4.65. The molecule has 2 atom stereocenters. The SMILES string of the molecule is COc1cc(C[NH+]2CC[NH+]([C@@H]3CCC[C@@H](C)C3)CC2)cc(OC)c1O. The normalized spacial score (nSPS) is 30.0. The molecule has 0 spiro atoms. The maximum atomic E-state index is 10.1. The van der Waals surface area contributed by atoms with Crippen LogP contribution in [0.25, 0.3) is 0 Å². The molecule has 3 N–H and O–H groups in total. The Hall–Kier alpha value is -1.46. The molecule has 0 amide bonds. The van der Waals surface area contributed by atoms with Gasteiger partial charge < -0.3 is 24.4 Å². The smallest absolute Gasteiger partial charge is 0.200 e. The van der Waals surface area contributed by atoms with Gasteiger partial charge in [-0.05, 0) is 30.9 Å². The topological polar surface area (TPSA) is 47.6 Å². The second-order valence-electron chi connectivity index (χ2n) is 7.90. The van der Waals surface area contributed by atoms with Crippen molar-refractivity contribution in [1.82, 2.24) is 0 Å². The van der Waals surface area contributed by atoms with Gasteiger partial charge in [0, 0.05) is 12.0 Å². The van der Waals surface area contributed by atoms with Crippen LogP contribution in [0.3, 0.4) is 0 Å². The fourth-order valence-corrected chi connectivity index (χ4v) is 4.65. The first-order valence-corrected chi connectivity index (χ1v) is 9.72. The minimum absolute atomic E-state index is 0.0874. The van der Waals surface area contributed by atoms with Crippen LogP contribution in [0.5, 0.6) is 17.2 Å². The van der Waals surface area contributed by atoms with Crippen LogP contribution in [-0.4, -0.2) is 51.5 Å². The predicted octanol–water partition coefficient (Wildman–Crippen LogP) is 0.272. The van der Waals surface area contributed by atoms with Gasteiger partial charge in [0.15, 0.2) is 11.5 Å². The zero-order chi connectivity index (χ0) is 17.8. The van der Waals surface area contributed by atoms with E-state index in [9.17, 15) is 5.11 Å². The van der Waals surface area contributed by atoms with Crippen LogP contribution in [0.15, 0.2) is 12.1 Å². The van der Waals surface area contributed by atoms with E-state index in [0.717, 1.165) is 24.1 Å². The molecule has 0 radical (unpaired) electrons.